The molecule has 1 aromatic rings. The summed E-state index contributed by atoms with van der Waals surface area (Å²) in [5.74, 6) is 0.216. The molecule has 0 aromatic carbocycles. The Morgan fingerprint density at radius 3 is 3.00 bits per heavy atom. The molecule has 0 amide bonds. The normalized spacial score (nSPS) is 27.8. The summed E-state index contributed by atoms with van der Waals surface area (Å²) >= 11 is 0. The van der Waals surface area contributed by atoms with E-state index in [-0.39, 0.29) is 12.0 Å². The number of aliphatic hydroxyl groups is 1. The van der Waals surface area contributed by atoms with Crippen molar-refractivity contribution in [3.8, 4) is 0 Å². The van der Waals surface area contributed by atoms with Crippen LogP contribution in [0.2, 0.25) is 0 Å². The van der Waals surface area contributed by atoms with Crippen LogP contribution in [-0.2, 0) is 0 Å². The van der Waals surface area contributed by atoms with Crippen molar-refractivity contribution in [2.45, 2.75) is 18.9 Å². The average molecular weight is 178 g/mol. The van der Waals surface area contributed by atoms with Gasteiger partial charge in [0.05, 0.1) is 6.10 Å². The number of aromatic nitrogens is 1. The van der Waals surface area contributed by atoms with E-state index in [0.29, 0.717) is 6.54 Å². The minimum Gasteiger partial charge on any atom is -0.391 e. The summed E-state index contributed by atoms with van der Waals surface area (Å²) in [4.78, 5) is 4.22. The Kier molecular flexibility index (Phi) is 2.29. The maximum Gasteiger partial charge on any atom is 0.0745 e. The zero-order chi connectivity index (χ0) is 9.26. The van der Waals surface area contributed by atoms with Crippen LogP contribution in [0.3, 0.4) is 0 Å². The Morgan fingerprint density at radius 2 is 2.38 bits per heavy atom. The molecule has 3 heteroatoms. The quantitative estimate of drug-likeness (QED) is 0.656. The van der Waals surface area contributed by atoms with Gasteiger partial charge in [0.15, 0.2) is 0 Å². The number of pyridine rings is 1. The molecule has 2 N–H and O–H groups in total. The molecule has 0 bridgehead atoms. The fourth-order valence-corrected chi connectivity index (χ4v) is 1.87. The van der Waals surface area contributed by atoms with Gasteiger partial charge in [-0.05, 0) is 18.6 Å². The van der Waals surface area contributed by atoms with Crippen LogP contribution >= 0.6 is 0 Å². The Labute approximate surface area is 77.8 Å². The van der Waals surface area contributed by atoms with Crippen LogP contribution in [0.15, 0.2) is 18.3 Å². The summed E-state index contributed by atoms with van der Waals surface area (Å²) in [7, 11) is 0. The van der Waals surface area contributed by atoms with Crippen molar-refractivity contribution in [3.63, 3.8) is 0 Å². The summed E-state index contributed by atoms with van der Waals surface area (Å²) in [6.45, 7) is 3.53. The number of rotatable bonds is 1. The third-order valence-electron chi connectivity index (χ3n) is 2.63. The van der Waals surface area contributed by atoms with E-state index in [2.05, 4.69) is 10.3 Å². The second kappa shape index (κ2) is 3.44. The van der Waals surface area contributed by atoms with Crippen LogP contribution < -0.4 is 5.32 Å². The molecule has 0 unspecified atom stereocenters. The number of hydrogen-bond donors (Lipinski definition) is 2. The standard InChI is InChI=1S/C10H14N2O/c1-7-8(3-2-4-12-7)9-5-11-6-10(9)13/h2-4,9-11,13H,5-6H2,1H3/t9-,10+/m0/s1. The predicted octanol–water partition coefficient (Wildman–Crippen LogP) is 0.438. The van der Waals surface area contributed by atoms with Gasteiger partial charge in [-0.25, -0.2) is 0 Å². The zero-order valence-electron chi connectivity index (χ0n) is 7.70. The SMILES string of the molecule is Cc1ncccc1[C@@H]1CNC[C@H]1O. The second-order valence-electron chi connectivity index (χ2n) is 3.51. The van der Waals surface area contributed by atoms with E-state index >= 15 is 0 Å². The lowest BCUT2D eigenvalue weighted by atomic mass is 9.95. The van der Waals surface area contributed by atoms with Gasteiger partial charge in [-0.15, -0.1) is 0 Å². The molecule has 0 aliphatic carbocycles. The first-order valence-corrected chi connectivity index (χ1v) is 4.59. The smallest absolute Gasteiger partial charge is 0.0745 e. The molecule has 0 radical (unpaired) electrons. The van der Waals surface area contributed by atoms with Crippen LogP contribution in [0, 0.1) is 6.92 Å². The average Bonchev–Trinajstić information content (AvgIpc) is 2.52. The third-order valence-corrected chi connectivity index (χ3v) is 2.63. The van der Waals surface area contributed by atoms with Crippen LogP contribution in [0.4, 0.5) is 0 Å². The molecule has 1 aromatic heterocycles. The molecule has 1 fully saturated rings. The molecule has 2 heterocycles. The lowest BCUT2D eigenvalue weighted by molar-refractivity contribution is 0.177. The monoisotopic (exact) mass is 178 g/mol. The number of aliphatic hydroxyl groups excluding tert-OH is 1. The van der Waals surface area contributed by atoms with E-state index in [0.717, 1.165) is 12.2 Å². The number of nitrogens with one attached hydrogen (secondary N) is 1. The molecule has 70 valence electrons. The fraction of sp³-hybridized carbons (Fsp3) is 0.500. The molecule has 13 heavy (non-hydrogen) atoms. The maximum atomic E-state index is 9.68. The topological polar surface area (TPSA) is 45.2 Å². The molecular formula is C10H14N2O. The van der Waals surface area contributed by atoms with Crippen LogP contribution in [0.1, 0.15) is 17.2 Å². The van der Waals surface area contributed by atoms with Crippen molar-refractivity contribution < 1.29 is 5.11 Å². The Bertz CT molecular complexity index is 301. The van der Waals surface area contributed by atoms with Gasteiger partial charge in [-0.2, -0.15) is 0 Å². The lowest BCUT2D eigenvalue weighted by Crippen LogP contribution is -2.17. The summed E-state index contributed by atoms with van der Waals surface area (Å²) in [5, 5.41) is 12.8. The lowest BCUT2D eigenvalue weighted by Gasteiger charge is -2.14. The van der Waals surface area contributed by atoms with Gasteiger partial charge in [0, 0.05) is 30.9 Å². The second-order valence-corrected chi connectivity index (χ2v) is 3.51. The summed E-state index contributed by atoms with van der Waals surface area (Å²) in [6, 6.07) is 3.97. The minimum atomic E-state index is -0.261. The molecule has 1 saturated heterocycles. The van der Waals surface area contributed by atoms with Gasteiger partial charge < -0.3 is 10.4 Å². The van der Waals surface area contributed by atoms with E-state index in [1.165, 1.54) is 5.56 Å². The highest BCUT2D eigenvalue weighted by Gasteiger charge is 2.27. The fourth-order valence-electron chi connectivity index (χ4n) is 1.87. The largest absolute Gasteiger partial charge is 0.391 e. The Hall–Kier alpha value is -0.930. The molecule has 3 nitrogen and oxygen atoms in total. The molecule has 1 aliphatic rings. The summed E-state index contributed by atoms with van der Waals surface area (Å²) in [6.07, 6.45) is 1.52. The Balaban J connectivity index is 2.29. The van der Waals surface area contributed by atoms with Crippen molar-refractivity contribution >= 4 is 0 Å². The summed E-state index contributed by atoms with van der Waals surface area (Å²) < 4.78 is 0. The molecule has 0 spiro atoms. The molecule has 2 atom stereocenters. The predicted molar refractivity (Wildman–Crippen MR) is 50.6 cm³/mol. The molecule has 1 aliphatic heterocycles. The number of hydrogen-bond acceptors (Lipinski definition) is 3. The van der Waals surface area contributed by atoms with E-state index in [9.17, 15) is 5.11 Å². The van der Waals surface area contributed by atoms with E-state index in [1.54, 1.807) is 6.20 Å². The molecule has 0 saturated carbocycles. The summed E-state index contributed by atoms with van der Waals surface area (Å²) in [5.41, 5.74) is 2.19. The van der Waals surface area contributed by atoms with Crippen molar-refractivity contribution in [1.82, 2.24) is 10.3 Å². The van der Waals surface area contributed by atoms with Crippen molar-refractivity contribution in [2.75, 3.05) is 13.1 Å². The Morgan fingerprint density at radius 1 is 1.54 bits per heavy atom. The minimum absolute atomic E-state index is 0.216. The highest BCUT2D eigenvalue weighted by Crippen LogP contribution is 2.24. The van der Waals surface area contributed by atoms with Crippen LogP contribution in [0.5, 0.6) is 0 Å². The maximum absolute atomic E-state index is 9.68. The van der Waals surface area contributed by atoms with E-state index < -0.39 is 0 Å². The third kappa shape index (κ3) is 1.57. The van der Waals surface area contributed by atoms with Gasteiger partial charge in [-0.1, -0.05) is 6.07 Å². The highest BCUT2D eigenvalue weighted by molar-refractivity contribution is 5.25. The number of nitrogens with zero attached hydrogens (tertiary/aromatic N) is 1. The molecular weight excluding hydrogens is 164 g/mol. The zero-order valence-corrected chi connectivity index (χ0v) is 7.70. The van der Waals surface area contributed by atoms with Gasteiger partial charge in [0.2, 0.25) is 0 Å². The first-order chi connectivity index (χ1) is 6.29. The van der Waals surface area contributed by atoms with Crippen molar-refractivity contribution in [2.24, 2.45) is 0 Å². The van der Waals surface area contributed by atoms with Gasteiger partial charge in [0.25, 0.3) is 0 Å². The number of aryl methyl sites for hydroxylation is 1. The van der Waals surface area contributed by atoms with Crippen LogP contribution in [0.25, 0.3) is 0 Å². The van der Waals surface area contributed by atoms with Crippen LogP contribution in [-0.4, -0.2) is 29.3 Å². The van der Waals surface area contributed by atoms with Crippen molar-refractivity contribution in [1.29, 1.82) is 0 Å². The van der Waals surface area contributed by atoms with Crippen molar-refractivity contribution in [3.05, 3.63) is 29.6 Å². The molecule has 2 rings (SSSR count). The van der Waals surface area contributed by atoms with E-state index in [4.69, 9.17) is 0 Å². The van der Waals surface area contributed by atoms with Gasteiger partial charge in [-0.3, -0.25) is 4.98 Å². The first-order valence-electron chi connectivity index (χ1n) is 4.59. The first kappa shape index (κ1) is 8.66. The number of β-amino-alcohol motifs (C(OH)–C–C–N with tert-alkyl or cyclic N) is 1. The van der Waals surface area contributed by atoms with E-state index in [1.807, 2.05) is 19.1 Å². The van der Waals surface area contributed by atoms with Gasteiger partial charge >= 0.3 is 0 Å². The highest BCUT2D eigenvalue weighted by atomic mass is 16.3. The van der Waals surface area contributed by atoms with Gasteiger partial charge in [0.1, 0.15) is 0 Å².